The molecule has 3 aromatic rings. The van der Waals surface area contributed by atoms with Crippen LogP contribution in [0.15, 0.2) is 67.3 Å². The van der Waals surface area contributed by atoms with Gasteiger partial charge in [-0.1, -0.05) is 23.7 Å². The van der Waals surface area contributed by atoms with Crippen LogP contribution in [0.25, 0.3) is 0 Å². The maximum absolute atomic E-state index is 11.3. The summed E-state index contributed by atoms with van der Waals surface area (Å²) in [7, 11) is 0. The van der Waals surface area contributed by atoms with Gasteiger partial charge in [-0.2, -0.15) is 0 Å². The molecule has 2 unspecified atom stereocenters. The summed E-state index contributed by atoms with van der Waals surface area (Å²) in [6.45, 7) is 4.17. The molecular weight excluding hydrogens is 494 g/mol. The van der Waals surface area contributed by atoms with Crippen LogP contribution in [-0.4, -0.2) is 71.8 Å². The Morgan fingerprint density at radius 1 is 1.11 bits per heavy atom. The van der Waals surface area contributed by atoms with Gasteiger partial charge in [0.25, 0.3) is 0 Å². The van der Waals surface area contributed by atoms with Gasteiger partial charge < -0.3 is 34.3 Å². The standard InChI is InChI=1S/C27H32ClN5O4/c28-22-3-1-21(2-4-22)9-10-27(19-31-12-11-30-20-31)36-18-25(37-27)17-35-24-7-5-23(6-8-24)32-13-15-33(16-14-32)26(29)34/h1-8,11-12,20,25H,9-10,13-19H2,(H2,29,34). The van der Waals surface area contributed by atoms with E-state index in [2.05, 4.69) is 9.88 Å². The predicted octanol–water partition coefficient (Wildman–Crippen LogP) is 3.56. The van der Waals surface area contributed by atoms with E-state index >= 15 is 0 Å². The first-order valence-corrected chi connectivity index (χ1v) is 12.9. The molecule has 2 aliphatic heterocycles. The van der Waals surface area contributed by atoms with Crippen molar-refractivity contribution < 1.29 is 19.0 Å². The first kappa shape index (κ1) is 25.4. The Morgan fingerprint density at radius 3 is 2.54 bits per heavy atom. The predicted molar refractivity (Wildman–Crippen MR) is 141 cm³/mol. The lowest BCUT2D eigenvalue weighted by Gasteiger charge is -2.35. The van der Waals surface area contributed by atoms with Crippen LogP contribution < -0.4 is 15.4 Å². The van der Waals surface area contributed by atoms with E-state index in [0.29, 0.717) is 39.3 Å². The van der Waals surface area contributed by atoms with Gasteiger partial charge in [0.05, 0.1) is 19.5 Å². The highest BCUT2D eigenvalue weighted by atomic mass is 35.5. The van der Waals surface area contributed by atoms with Crippen molar-refractivity contribution in [2.24, 2.45) is 5.73 Å². The maximum Gasteiger partial charge on any atom is 0.314 e. The fourth-order valence-electron chi connectivity index (χ4n) is 4.76. The van der Waals surface area contributed by atoms with Crippen LogP contribution in [0.1, 0.15) is 12.0 Å². The summed E-state index contributed by atoms with van der Waals surface area (Å²) in [6, 6.07) is 15.5. The number of primary amides is 1. The molecule has 0 spiro atoms. The molecule has 2 aliphatic rings. The average Bonchev–Trinajstić information content (AvgIpc) is 3.58. The summed E-state index contributed by atoms with van der Waals surface area (Å²) in [5.41, 5.74) is 7.65. The quantitative estimate of drug-likeness (QED) is 0.459. The Kier molecular flexibility index (Phi) is 7.83. The topological polar surface area (TPSA) is 95.1 Å². The molecule has 0 saturated carbocycles. The van der Waals surface area contributed by atoms with Crippen LogP contribution in [-0.2, 0) is 22.4 Å². The van der Waals surface area contributed by atoms with Gasteiger partial charge in [-0.3, -0.25) is 0 Å². The zero-order valence-electron chi connectivity index (χ0n) is 20.7. The summed E-state index contributed by atoms with van der Waals surface area (Å²) < 4.78 is 20.8. The number of aromatic nitrogens is 2. The maximum atomic E-state index is 11.3. The molecule has 1 aromatic heterocycles. The van der Waals surface area contributed by atoms with Gasteiger partial charge in [0.15, 0.2) is 5.79 Å². The Labute approximate surface area is 221 Å². The Bertz CT molecular complexity index is 1150. The number of aryl methyl sites for hydroxylation is 1. The molecule has 2 N–H and O–H groups in total. The molecule has 2 atom stereocenters. The van der Waals surface area contributed by atoms with Gasteiger partial charge in [0.2, 0.25) is 0 Å². The second kappa shape index (κ2) is 11.4. The Morgan fingerprint density at radius 2 is 1.86 bits per heavy atom. The highest BCUT2D eigenvalue weighted by Crippen LogP contribution is 2.32. The fourth-order valence-corrected chi connectivity index (χ4v) is 4.89. The number of urea groups is 1. The number of amides is 2. The van der Waals surface area contributed by atoms with E-state index in [9.17, 15) is 4.79 Å². The number of carbonyl (C=O) groups is 1. The molecule has 3 heterocycles. The molecule has 2 amide bonds. The van der Waals surface area contributed by atoms with E-state index in [1.165, 1.54) is 5.56 Å². The normalized spacial score (nSPS) is 21.8. The number of hydrogen-bond donors (Lipinski definition) is 1. The lowest BCUT2D eigenvalue weighted by molar-refractivity contribution is -0.184. The van der Waals surface area contributed by atoms with Crippen molar-refractivity contribution in [1.29, 1.82) is 0 Å². The molecule has 2 fully saturated rings. The smallest absolute Gasteiger partial charge is 0.314 e. The number of nitrogens with zero attached hydrogens (tertiary/aromatic N) is 4. The van der Waals surface area contributed by atoms with Gasteiger partial charge in [0, 0.05) is 55.7 Å². The number of piperazine rings is 1. The summed E-state index contributed by atoms with van der Waals surface area (Å²) in [5.74, 6) is 0.0158. The molecule has 196 valence electrons. The Hall–Kier alpha value is -3.27. The van der Waals surface area contributed by atoms with E-state index in [-0.39, 0.29) is 12.1 Å². The Balaban J connectivity index is 1.15. The van der Waals surface area contributed by atoms with Gasteiger partial charge in [-0.15, -0.1) is 0 Å². The van der Waals surface area contributed by atoms with Crippen LogP contribution in [0.2, 0.25) is 5.02 Å². The molecule has 0 aliphatic carbocycles. The lowest BCUT2D eigenvalue weighted by Crippen LogP contribution is -2.50. The average molecular weight is 526 g/mol. The third kappa shape index (κ3) is 6.54. The molecule has 5 rings (SSSR count). The number of benzene rings is 2. The van der Waals surface area contributed by atoms with Crippen LogP contribution >= 0.6 is 11.6 Å². The zero-order chi connectivity index (χ0) is 25.7. The first-order chi connectivity index (χ1) is 18.0. The number of ether oxygens (including phenoxy) is 3. The number of hydrogen-bond acceptors (Lipinski definition) is 6. The molecule has 37 heavy (non-hydrogen) atoms. The SMILES string of the molecule is NC(=O)N1CCN(c2ccc(OCC3COC(CCc4ccc(Cl)cc4)(Cn4ccnc4)O3)cc2)CC1. The van der Waals surface area contributed by atoms with E-state index in [1.807, 2.05) is 59.3 Å². The fraction of sp³-hybridized carbons (Fsp3) is 0.407. The molecule has 2 aromatic carbocycles. The van der Waals surface area contributed by atoms with Gasteiger partial charge >= 0.3 is 6.03 Å². The molecule has 10 heteroatoms. The second-order valence-electron chi connectivity index (χ2n) is 9.44. The van der Waals surface area contributed by atoms with Crippen molar-refractivity contribution in [2.45, 2.75) is 31.3 Å². The number of anilines is 1. The van der Waals surface area contributed by atoms with Gasteiger partial charge in [-0.05, 0) is 48.4 Å². The van der Waals surface area contributed by atoms with E-state index in [1.54, 1.807) is 17.4 Å². The van der Waals surface area contributed by atoms with Crippen molar-refractivity contribution in [2.75, 3.05) is 44.3 Å². The highest BCUT2D eigenvalue weighted by molar-refractivity contribution is 6.30. The van der Waals surface area contributed by atoms with Crippen molar-refractivity contribution in [1.82, 2.24) is 14.5 Å². The number of nitrogens with two attached hydrogens (primary N) is 1. The van der Waals surface area contributed by atoms with Crippen LogP contribution in [0.4, 0.5) is 10.5 Å². The first-order valence-electron chi connectivity index (χ1n) is 12.5. The summed E-state index contributed by atoms with van der Waals surface area (Å²) in [4.78, 5) is 19.4. The van der Waals surface area contributed by atoms with Crippen molar-refractivity contribution in [3.05, 3.63) is 77.8 Å². The molecular formula is C27H32ClN5O4. The minimum absolute atomic E-state index is 0.185. The third-order valence-corrected chi connectivity index (χ3v) is 7.09. The summed E-state index contributed by atoms with van der Waals surface area (Å²) in [6.07, 6.45) is 6.75. The van der Waals surface area contributed by atoms with Crippen LogP contribution in [0.5, 0.6) is 5.75 Å². The molecule has 0 radical (unpaired) electrons. The number of imidazole rings is 1. The molecule has 9 nitrogen and oxygen atoms in total. The number of rotatable bonds is 9. The van der Waals surface area contributed by atoms with Crippen molar-refractivity contribution in [3.8, 4) is 5.75 Å². The number of halogens is 1. The monoisotopic (exact) mass is 525 g/mol. The van der Waals surface area contributed by atoms with Crippen LogP contribution in [0, 0.1) is 0 Å². The van der Waals surface area contributed by atoms with E-state index in [4.69, 9.17) is 31.5 Å². The minimum atomic E-state index is -0.759. The lowest BCUT2D eigenvalue weighted by atomic mass is 10.0. The van der Waals surface area contributed by atoms with Crippen molar-refractivity contribution in [3.63, 3.8) is 0 Å². The summed E-state index contributed by atoms with van der Waals surface area (Å²) >= 11 is 6.04. The minimum Gasteiger partial charge on any atom is -0.491 e. The molecule has 2 saturated heterocycles. The second-order valence-corrected chi connectivity index (χ2v) is 9.88. The summed E-state index contributed by atoms with van der Waals surface area (Å²) in [5, 5.41) is 0.723. The largest absolute Gasteiger partial charge is 0.491 e. The molecule has 0 bridgehead atoms. The highest BCUT2D eigenvalue weighted by Gasteiger charge is 2.42. The third-order valence-electron chi connectivity index (χ3n) is 6.83. The van der Waals surface area contributed by atoms with Gasteiger partial charge in [-0.25, -0.2) is 9.78 Å². The zero-order valence-corrected chi connectivity index (χ0v) is 21.4. The van der Waals surface area contributed by atoms with Gasteiger partial charge in [0.1, 0.15) is 18.5 Å². The van der Waals surface area contributed by atoms with E-state index in [0.717, 1.165) is 36.0 Å². The number of carbonyl (C=O) groups excluding carboxylic acids is 1. The van der Waals surface area contributed by atoms with E-state index < -0.39 is 5.79 Å². The van der Waals surface area contributed by atoms with Crippen LogP contribution in [0.3, 0.4) is 0 Å². The van der Waals surface area contributed by atoms with Crippen molar-refractivity contribution >= 4 is 23.3 Å².